The van der Waals surface area contributed by atoms with Crippen LogP contribution in [0.1, 0.15) is 33.3 Å². The van der Waals surface area contributed by atoms with Crippen molar-refractivity contribution in [3.8, 4) is 0 Å². The molecule has 1 aromatic rings. The van der Waals surface area contributed by atoms with Gasteiger partial charge >= 0.3 is 0 Å². The molecule has 0 saturated heterocycles. The molecule has 0 radical (unpaired) electrons. The van der Waals surface area contributed by atoms with Crippen LogP contribution in [-0.4, -0.2) is 37.0 Å². The molecule has 1 amide bonds. The number of nitrogens with one attached hydrogen (secondary N) is 3. The molecule has 0 aliphatic carbocycles. The Bertz CT molecular complexity index is 582. The van der Waals surface area contributed by atoms with Crippen molar-refractivity contribution >= 4 is 11.9 Å². The Kier molecular flexibility index (Phi) is 7.61. The van der Waals surface area contributed by atoms with Crippen LogP contribution in [0.4, 0.5) is 8.78 Å². The fourth-order valence-corrected chi connectivity index (χ4v) is 1.99. The fourth-order valence-electron chi connectivity index (χ4n) is 1.99. The maximum absolute atomic E-state index is 13.6. The number of hydrogen-bond acceptors (Lipinski definition) is 2. The van der Waals surface area contributed by atoms with Gasteiger partial charge in [-0.25, -0.2) is 13.8 Å². The van der Waals surface area contributed by atoms with Crippen LogP contribution < -0.4 is 16.0 Å². The van der Waals surface area contributed by atoms with Crippen LogP contribution in [0.3, 0.4) is 0 Å². The van der Waals surface area contributed by atoms with Gasteiger partial charge in [0, 0.05) is 24.7 Å². The average molecular weight is 340 g/mol. The van der Waals surface area contributed by atoms with Gasteiger partial charge < -0.3 is 16.0 Å². The number of carbonyl (C=O) groups is 1. The Morgan fingerprint density at radius 1 is 1.21 bits per heavy atom. The zero-order chi connectivity index (χ0) is 18.2. The lowest BCUT2D eigenvalue weighted by atomic mass is 10.1. The van der Waals surface area contributed by atoms with Gasteiger partial charge in [-0.3, -0.25) is 4.79 Å². The quantitative estimate of drug-likeness (QED) is 0.548. The molecule has 1 aromatic carbocycles. The lowest BCUT2D eigenvalue weighted by Gasteiger charge is -2.20. The summed E-state index contributed by atoms with van der Waals surface area (Å²) in [6.45, 7) is 8.65. The maximum Gasteiger partial charge on any atom is 0.242 e. The van der Waals surface area contributed by atoms with Gasteiger partial charge in [-0.1, -0.05) is 6.07 Å². The molecule has 0 aliphatic heterocycles. The van der Waals surface area contributed by atoms with Crippen LogP contribution in [0.5, 0.6) is 0 Å². The maximum atomic E-state index is 13.6. The smallest absolute Gasteiger partial charge is 0.242 e. The zero-order valence-electron chi connectivity index (χ0n) is 14.7. The van der Waals surface area contributed by atoms with Gasteiger partial charge in [0.05, 0.1) is 0 Å². The van der Waals surface area contributed by atoms with Crippen molar-refractivity contribution in [2.75, 3.05) is 19.6 Å². The highest BCUT2D eigenvalue weighted by atomic mass is 19.1. The monoisotopic (exact) mass is 340 g/mol. The standard InChI is InChI=1S/C17H26F2N4O/c1-5-20-16(22-11-15(24)23-17(2,3)4)21-9-8-12-6-7-13(18)10-14(12)19/h6-7,10H,5,8-9,11H2,1-4H3,(H,23,24)(H2,20,21,22). The first-order valence-electron chi connectivity index (χ1n) is 7.98. The highest BCUT2D eigenvalue weighted by Gasteiger charge is 2.13. The van der Waals surface area contributed by atoms with Gasteiger partial charge in [-0.05, 0) is 45.7 Å². The van der Waals surface area contributed by atoms with Gasteiger partial charge in [-0.15, -0.1) is 0 Å². The van der Waals surface area contributed by atoms with Crippen LogP contribution in [0.15, 0.2) is 23.2 Å². The van der Waals surface area contributed by atoms with Gasteiger partial charge in [0.1, 0.15) is 18.2 Å². The predicted octanol–water partition coefficient (Wildman–Crippen LogP) is 1.98. The van der Waals surface area contributed by atoms with Gasteiger partial charge in [0.15, 0.2) is 5.96 Å². The number of carbonyl (C=O) groups excluding carboxylic acids is 1. The first kappa shape index (κ1) is 19.9. The Morgan fingerprint density at radius 3 is 2.50 bits per heavy atom. The van der Waals surface area contributed by atoms with Gasteiger partial charge in [-0.2, -0.15) is 0 Å². The molecule has 7 heteroatoms. The van der Waals surface area contributed by atoms with E-state index in [1.165, 1.54) is 12.1 Å². The van der Waals surface area contributed by atoms with E-state index in [0.717, 1.165) is 6.07 Å². The number of aliphatic imine (C=N–C) groups is 1. The average Bonchev–Trinajstić information content (AvgIpc) is 2.45. The Balaban J connectivity index is 2.53. The van der Waals surface area contributed by atoms with Crippen molar-refractivity contribution in [3.63, 3.8) is 0 Å². The van der Waals surface area contributed by atoms with E-state index in [1.807, 2.05) is 27.7 Å². The molecular weight excluding hydrogens is 314 g/mol. The summed E-state index contributed by atoms with van der Waals surface area (Å²) in [6, 6.07) is 3.52. The first-order valence-corrected chi connectivity index (χ1v) is 7.98. The number of benzene rings is 1. The lowest BCUT2D eigenvalue weighted by Crippen LogP contribution is -2.43. The third kappa shape index (κ3) is 7.89. The van der Waals surface area contributed by atoms with E-state index in [-0.39, 0.29) is 18.0 Å². The number of amides is 1. The minimum absolute atomic E-state index is 0.00247. The molecule has 0 atom stereocenters. The number of hydrogen-bond donors (Lipinski definition) is 3. The summed E-state index contributed by atoms with van der Waals surface area (Å²) < 4.78 is 26.4. The normalized spacial score (nSPS) is 12.0. The SMILES string of the molecule is CCNC(=NCC(=O)NC(C)(C)C)NCCc1ccc(F)cc1F. The molecule has 0 aliphatic rings. The van der Waals surface area contributed by atoms with Crippen molar-refractivity contribution in [1.82, 2.24) is 16.0 Å². The van der Waals surface area contributed by atoms with Crippen molar-refractivity contribution in [1.29, 1.82) is 0 Å². The summed E-state index contributed by atoms with van der Waals surface area (Å²) in [5.74, 6) is -0.861. The molecule has 0 bridgehead atoms. The van der Waals surface area contributed by atoms with Crippen LogP contribution >= 0.6 is 0 Å². The molecular formula is C17H26F2N4O. The summed E-state index contributed by atoms with van der Waals surface area (Å²) in [6.07, 6.45) is 0.380. The Labute approximate surface area is 141 Å². The molecule has 0 unspecified atom stereocenters. The van der Waals surface area contributed by atoms with E-state index in [4.69, 9.17) is 0 Å². The van der Waals surface area contributed by atoms with Gasteiger partial charge in [0.2, 0.25) is 5.91 Å². The summed E-state index contributed by atoms with van der Waals surface area (Å²) in [5, 5.41) is 8.87. The topological polar surface area (TPSA) is 65.5 Å². The third-order valence-corrected chi connectivity index (χ3v) is 2.94. The van der Waals surface area contributed by atoms with E-state index in [0.29, 0.717) is 31.0 Å². The van der Waals surface area contributed by atoms with Crippen molar-refractivity contribution in [2.24, 2.45) is 4.99 Å². The number of nitrogens with zero attached hydrogens (tertiary/aromatic N) is 1. The molecule has 1 rings (SSSR count). The van der Waals surface area contributed by atoms with E-state index >= 15 is 0 Å². The molecule has 0 aromatic heterocycles. The highest BCUT2D eigenvalue weighted by molar-refractivity contribution is 5.85. The van der Waals surface area contributed by atoms with E-state index in [1.54, 1.807) is 0 Å². The molecule has 3 N–H and O–H groups in total. The second kappa shape index (κ2) is 9.20. The third-order valence-electron chi connectivity index (χ3n) is 2.94. The van der Waals surface area contributed by atoms with Crippen molar-refractivity contribution in [3.05, 3.63) is 35.4 Å². The molecule has 0 heterocycles. The Hall–Kier alpha value is -2.18. The van der Waals surface area contributed by atoms with Crippen LogP contribution in [0.25, 0.3) is 0 Å². The summed E-state index contributed by atoms with van der Waals surface area (Å²) >= 11 is 0. The highest BCUT2D eigenvalue weighted by Crippen LogP contribution is 2.09. The fraction of sp³-hybridized carbons (Fsp3) is 0.529. The van der Waals surface area contributed by atoms with Gasteiger partial charge in [0.25, 0.3) is 0 Å². The van der Waals surface area contributed by atoms with Crippen LogP contribution in [0, 0.1) is 11.6 Å². The zero-order valence-corrected chi connectivity index (χ0v) is 14.7. The largest absolute Gasteiger partial charge is 0.357 e. The van der Waals surface area contributed by atoms with E-state index in [2.05, 4.69) is 20.9 Å². The van der Waals surface area contributed by atoms with Crippen LogP contribution in [0.2, 0.25) is 0 Å². The number of halogens is 2. The second-order valence-corrected chi connectivity index (χ2v) is 6.41. The summed E-state index contributed by atoms with van der Waals surface area (Å²) in [4.78, 5) is 16.0. The number of guanidine groups is 1. The van der Waals surface area contributed by atoms with Crippen molar-refractivity contribution < 1.29 is 13.6 Å². The minimum atomic E-state index is -0.594. The lowest BCUT2D eigenvalue weighted by molar-refractivity contribution is -0.121. The molecule has 134 valence electrons. The molecule has 5 nitrogen and oxygen atoms in total. The summed E-state index contributed by atoms with van der Waals surface area (Å²) in [7, 11) is 0. The van der Waals surface area contributed by atoms with E-state index in [9.17, 15) is 13.6 Å². The first-order chi connectivity index (χ1) is 11.2. The predicted molar refractivity (Wildman–Crippen MR) is 91.9 cm³/mol. The van der Waals surface area contributed by atoms with Crippen molar-refractivity contribution in [2.45, 2.75) is 39.7 Å². The minimum Gasteiger partial charge on any atom is -0.357 e. The number of rotatable bonds is 6. The second-order valence-electron chi connectivity index (χ2n) is 6.41. The Morgan fingerprint density at radius 2 is 1.92 bits per heavy atom. The van der Waals surface area contributed by atoms with Crippen LogP contribution in [-0.2, 0) is 11.2 Å². The molecule has 0 saturated carbocycles. The molecule has 0 spiro atoms. The summed E-state index contributed by atoms with van der Waals surface area (Å²) in [5.41, 5.74) is 0.114. The van der Waals surface area contributed by atoms with E-state index < -0.39 is 11.6 Å². The molecule has 24 heavy (non-hydrogen) atoms. The molecule has 0 fully saturated rings.